The van der Waals surface area contributed by atoms with Gasteiger partial charge in [0.1, 0.15) is 0 Å². The van der Waals surface area contributed by atoms with Crippen LogP contribution in [0.3, 0.4) is 0 Å². The second-order valence-corrected chi connectivity index (χ2v) is 6.36. The van der Waals surface area contributed by atoms with Gasteiger partial charge in [0.2, 0.25) is 0 Å². The third-order valence-electron chi connectivity index (χ3n) is 3.93. The highest BCUT2D eigenvalue weighted by atomic mass is 79.9. The van der Waals surface area contributed by atoms with Crippen molar-refractivity contribution in [2.75, 3.05) is 7.05 Å². The van der Waals surface area contributed by atoms with E-state index in [0.29, 0.717) is 12.0 Å². The second kappa shape index (κ2) is 6.97. The molecule has 5 nitrogen and oxygen atoms in total. The van der Waals surface area contributed by atoms with Crippen LogP contribution in [0.15, 0.2) is 28.7 Å². The summed E-state index contributed by atoms with van der Waals surface area (Å²) in [4.78, 5) is 14.0. The SMILES string of the molecule is Cc1nn(-c2ccc(C(=O)N(C)C(C)CC#N)cc2)c(C)c1Br. The topological polar surface area (TPSA) is 61.9 Å². The highest BCUT2D eigenvalue weighted by Gasteiger charge is 2.17. The Morgan fingerprint density at radius 3 is 2.48 bits per heavy atom. The van der Waals surface area contributed by atoms with Gasteiger partial charge in [-0.1, -0.05) is 0 Å². The quantitative estimate of drug-likeness (QED) is 0.820. The van der Waals surface area contributed by atoms with Crippen molar-refractivity contribution in [2.24, 2.45) is 0 Å². The molecular formula is C17H19BrN4O. The van der Waals surface area contributed by atoms with Gasteiger partial charge < -0.3 is 4.90 Å². The summed E-state index contributed by atoms with van der Waals surface area (Å²) in [5.41, 5.74) is 3.44. The first-order valence-corrected chi connectivity index (χ1v) is 8.12. The lowest BCUT2D eigenvalue weighted by Crippen LogP contribution is -2.34. The number of hydrogen-bond acceptors (Lipinski definition) is 3. The molecule has 0 bridgehead atoms. The monoisotopic (exact) mass is 374 g/mol. The van der Waals surface area contributed by atoms with Crippen LogP contribution in [0.1, 0.15) is 35.1 Å². The molecule has 1 aromatic carbocycles. The van der Waals surface area contributed by atoms with Gasteiger partial charge in [-0.05, 0) is 61.0 Å². The molecule has 0 fully saturated rings. The molecular weight excluding hydrogens is 356 g/mol. The van der Waals surface area contributed by atoms with Crippen molar-refractivity contribution in [3.63, 3.8) is 0 Å². The Bertz CT molecular complexity index is 758. The summed E-state index contributed by atoms with van der Waals surface area (Å²) in [6.45, 7) is 5.79. The molecule has 1 heterocycles. The van der Waals surface area contributed by atoms with Crippen LogP contribution >= 0.6 is 15.9 Å². The van der Waals surface area contributed by atoms with Crippen molar-refractivity contribution in [3.05, 3.63) is 45.7 Å². The number of aryl methyl sites for hydroxylation is 1. The minimum atomic E-state index is -0.112. The number of benzene rings is 1. The zero-order valence-electron chi connectivity index (χ0n) is 13.7. The summed E-state index contributed by atoms with van der Waals surface area (Å²) < 4.78 is 2.83. The molecule has 1 aromatic heterocycles. The average molecular weight is 375 g/mol. The predicted molar refractivity (Wildman–Crippen MR) is 92.5 cm³/mol. The first kappa shape index (κ1) is 17.2. The van der Waals surface area contributed by atoms with E-state index in [4.69, 9.17) is 5.26 Å². The Labute approximate surface area is 144 Å². The number of rotatable bonds is 4. The van der Waals surface area contributed by atoms with Gasteiger partial charge in [0.25, 0.3) is 5.91 Å². The van der Waals surface area contributed by atoms with E-state index in [9.17, 15) is 4.79 Å². The largest absolute Gasteiger partial charge is 0.338 e. The first-order chi connectivity index (χ1) is 10.9. The van der Waals surface area contributed by atoms with Gasteiger partial charge in [-0.2, -0.15) is 10.4 Å². The minimum Gasteiger partial charge on any atom is -0.338 e. The van der Waals surface area contributed by atoms with E-state index in [2.05, 4.69) is 27.1 Å². The zero-order valence-corrected chi connectivity index (χ0v) is 15.3. The van der Waals surface area contributed by atoms with Gasteiger partial charge in [-0.3, -0.25) is 4.79 Å². The summed E-state index contributed by atoms with van der Waals surface area (Å²) in [6.07, 6.45) is 0.320. The van der Waals surface area contributed by atoms with Crippen LogP contribution in [0, 0.1) is 25.2 Å². The van der Waals surface area contributed by atoms with Crippen molar-refractivity contribution in [2.45, 2.75) is 33.2 Å². The molecule has 0 saturated carbocycles. The molecule has 23 heavy (non-hydrogen) atoms. The Hall–Kier alpha value is -2.13. The van der Waals surface area contributed by atoms with Crippen molar-refractivity contribution in [3.8, 4) is 11.8 Å². The molecule has 0 N–H and O–H groups in total. The number of amides is 1. The van der Waals surface area contributed by atoms with E-state index < -0.39 is 0 Å². The lowest BCUT2D eigenvalue weighted by molar-refractivity contribution is 0.0746. The molecule has 120 valence electrons. The fourth-order valence-corrected chi connectivity index (χ4v) is 2.54. The van der Waals surface area contributed by atoms with Gasteiger partial charge >= 0.3 is 0 Å². The molecule has 0 radical (unpaired) electrons. The fraction of sp³-hybridized carbons (Fsp3) is 0.353. The summed E-state index contributed by atoms with van der Waals surface area (Å²) in [7, 11) is 1.72. The maximum atomic E-state index is 12.4. The lowest BCUT2D eigenvalue weighted by Gasteiger charge is -2.23. The smallest absolute Gasteiger partial charge is 0.253 e. The van der Waals surface area contributed by atoms with E-state index in [1.807, 2.05) is 37.6 Å². The standard InChI is InChI=1S/C17H19BrN4O/c1-11(9-10-19)21(4)17(23)14-5-7-15(8-6-14)22-13(3)16(18)12(2)20-22/h5-8,11H,9H2,1-4H3. The predicted octanol–water partition coefficient (Wildman–Crippen LogP) is 3.63. The molecule has 1 amide bonds. The van der Waals surface area contributed by atoms with Crippen molar-refractivity contribution < 1.29 is 4.79 Å². The summed E-state index contributed by atoms with van der Waals surface area (Å²) in [5.74, 6) is -0.0890. The second-order valence-electron chi connectivity index (χ2n) is 5.57. The third-order valence-corrected chi connectivity index (χ3v) is 5.08. The van der Waals surface area contributed by atoms with Crippen molar-refractivity contribution in [1.82, 2.24) is 14.7 Å². The Morgan fingerprint density at radius 1 is 1.39 bits per heavy atom. The molecule has 0 aliphatic rings. The fourth-order valence-electron chi connectivity index (χ4n) is 2.29. The Morgan fingerprint density at radius 2 is 2.00 bits per heavy atom. The van der Waals surface area contributed by atoms with Crippen LogP contribution in [-0.4, -0.2) is 33.7 Å². The maximum Gasteiger partial charge on any atom is 0.253 e. The van der Waals surface area contributed by atoms with E-state index in [0.717, 1.165) is 21.5 Å². The van der Waals surface area contributed by atoms with E-state index in [1.54, 1.807) is 24.1 Å². The minimum absolute atomic E-state index is 0.0890. The number of halogens is 1. The number of nitriles is 1. The maximum absolute atomic E-state index is 12.4. The number of aromatic nitrogens is 2. The molecule has 0 aliphatic carbocycles. The van der Waals surface area contributed by atoms with Gasteiger partial charge in [0, 0.05) is 18.7 Å². The van der Waals surface area contributed by atoms with Crippen LogP contribution in [0.2, 0.25) is 0 Å². The van der Waals surface area contributed by atoms with Crippen LogP contribution in [0.5, 0.6) is 0 Å². The summed E-state index contributed by atoms with van der Waals surface area (Å²) >= 11 is 3.51. The van der Waals surface area contributed by atoms with Gasteiger partial charge in [0.05, 0.1) is 34.0 Å². The van der Waals surface area contributed by atoms with Gasteiger partial charge in [-0.15, -0.1) is 0 Å². The zero-order chi connectivity index (χ0) is 17.1. The van der Waals surface area contributed by atoms with Crippen molar-refractivity contribution in [1.29, 1.82) is 5.26 Å². The molecule has 1 unspecified atom stereocenters. The molecule has 0 aliphatic heterocycles. The molecule has 2 rings (SSSR count). The van der Waals surface area contributed by atoms with Crippen LogP contribution in [0.25, 0.3) is 5.69 Å². The number of hydrogen-bond donors (Lipinski definition) is 0. The van der Waals surface area contributed by atoms with Crippen LogP contribution < -0.4 is 0 Å². The van der Waals surface area contributed by atoms with Crippen molar-refractivity contribution >= 4 is 21.8 Å². The molecule has 6 heteroatoms. The van der Waals surface area contributed by atoms with Gasteiger partial charge in [0.15, 0.2) is 0 Å². The summed E-state index contributed by atoms with van der Waals surface area (Å²) in [6, 6.07) is 9.31. The van der Waals surface area contributed by atoms with E-state index in [-0.39, 0.29) is 11.9 Å². The number of nitrogens with zero attached hydrogens (tertiary/aromatic N) is 4. The Balaban J connectivity index is 2.24. The van der Waals surface area contributed by atoms with Gasteiger partial charge in [-0.25, -0.2) is 4.68 Å². The van der Waals surface area contributed by atoms with E-state index in [1.165, 1.54) is 0 Å². The average Bonchev–Trinajstić information content (AvgIpc) is 2.81. The highest BCUT2D eigenvalue weighted by molar-refractivity contribution is 9.10. The number of carbonyl (C=O) groups excluding carboxylic acids is 1. The lowest BCUT2D eigenvalue weighted by atomic mass is 10.1. The molecule has 1 atom stereocenters. The molecule has 0 spiro atoms. The molecule has 0 saturated heterocycles. The molecule has 2 aromatic rings. The Kier molecular flexibility index (Phi) is 5.22. The van der Waals surface area contributed by atoms with Crippen LogP contribution in [0.4, 0.5) is 0 Å². The number of carbonyl (C=O) groups is 1. The normalized spacial score (nSPS) is 11.8. The van der Waals surface area contributed by atoms with Crippen LogP contribution in [-0.2, 0) is 0 Å². The summed E-state index contributed by atoms with van der Waals surface area (Å²) in [5, 5.41) is 13.2. The van der Waals surface area contributed by atoms with E-state index >= 15 is 0 Å². The first-order valence-electron chi connectivity index (χ1n) is 7.33. The third kappa shape index (κ3) is 3.45. The highest BCUT2D eigenvalue weighted by Crippen LogP contribution is 2.23.